The molecule has 1 amide bonds. The summed E-state index contributed by atoms with van der Waals surface area (Å²) in [7, 11) is 0. The van der Waals surface area contributed by atoms with Crippen molar-refractivity contribution in [1.29, 1.82) is 5.26 Å². The number of pyridine rings is 1. The Bertz CT molecular complexity index is 1060. The molecular weight excluding hydrogens is 445 g/mol. The predicted octanol–water partition coefficient (Wildman–Crippen LogP) is 4.37. The first-order chi connectivity index (χ1) is 15.2. The molecule has 0 aromatic carbocycles. The average Bonchev–Trinajstić information content (AvgIpc) is 3.08. The molecule has 3 heterocycles. The predicted molar refractivity (Wildman–Crippen MR) is 113 cm³/mol. The van der Waals surface area contributed by atoms with E-state index in [1.807, 2.05) is 6.07 Å². The average molecular weight is 466 g/mol. The second-order valence-corrected chi connectivity index (χ2v) is 8.26. The van der Waals surface area contributed by atoms with E-state index >= 15 is 0 Å². The van der Waals surface area contributed by atoms with Gasteiger partial charge in [0.2, 0.25) is 5.91 Å². The Morgan fingerprint density at radius 3 is 2.84 bits per heavy atom. The van der Waals surface area contributed by atoms with Crippen LogP contribution in [0.25, 0.3) is 0 Å². The lowest BCUT2D eigenvalue weighted by Gasteiger charge is -2.34. The number of hydrogen-bond acceptors (Lipinski definition) is 7. The van der Waals surface area contributed by atoms with Gasteiger partial charge in [0.15, 0.2) is 0 Å². The summed E-state index contributed by atoms with van der Waals surface area (Å²) in [5, 5.41) is 12.4. The fourth-order valence-corrected chi connectivity index (χ4v) is 4.65. The lowest BCUT2D eigenvalue weighted by Crippen LogP contribution is -2.41. The van der Waals surface area contributed by atoms with Crippen LogP contribution in [0.15, 0.2) is 18.3 Å². The fraction of sp³-hybridized carbons (Fsp3) is 0.429. The van der Waals surface area contributed by atoms with Crippen molar-refractivity contribution in [3.05, 3.63) is 39.9 Å². The van der Waals surface area contributed by atoms with Crippen LogP contribution < -0.4 is 10.2 Å². The molecule has 11 heteroatoms. The van der Waals surface area contributed by atoms with Gasteiger partial charge in [-0.05, 0) is 44.4 Å². The maximum Gasteiger partial charge on any atom is 0.419 e. The topological polar surface area (TPSA) is 95.3 Å². The van der Waals surface area contributed by atoms with E-state index in [2.05, 4.69) is 10.3 Å². The van der Waals surface area contributed by atoms with Crippen LogP contribution in [0.2, 0.25) is 0 Å². The van der Waals surface area contributed by atoms with Crippen LogP contribution in [-0.2, 0) is 15.7 Å². The lowest BCUT2D eigenvalue weighted by molar-refractivity contribution is -0.137. The fourth-order valence-electron chi connectivity index (χ4n) is 3.60. The van der Waals surface area contributed by atoms with Gasteiger partial charge in [0.05, 0.1) is 23.7 Å². The van der Waals surface area contributed by atoms with E-state index in [1.165, 1.54) is 17.2 Å². The summed E-state index contributed by atoms with van der Waals surface area (Å²) in [4.78, 5) is 30.6. The molecule has 1 atom stereocenters. The van der Waals surface area contributed by atoms with Crippen LogP contribution in [0, 0.1) is 24.2 Å². The molecule has 1 aliphatic rings. The number of thiophene rings is 1. The van der Waals surface area contributed by atoms with Gasteiger partial charge in [0, 0.05) is 19.3 Å². The number of nitriles is 1. The van der Waals surface area contributed by atoms with Crippen LogP contribution in [0.3, 0.4) is 0 Å². The monoisotopic (exact) mass is 466 g/mol. The van der Waals surface area contributed by atoms with Gasteiger partial charge in [0.1, 0.15) is 21.8 Å². The highest BCUT2D eigenvalue weighted by Gasteiger charge is 2.37. The summed E-state index contributed by atoms with van der Waals surface area (Å²) < 4.78 is 45.1. The summed E-state index contributed by atoms with van der Waals surface area (Å²) in [5.41, 5.74) is -0.260. The quantitative estimate of drug-likeness (QED) is 0.658. The number of aromatic nitrogens is 1. The maximum atomic E-state index is 13.4. The maximum absolute atomic E-state index is 13.4. The highest BCUT2D eigenvalue weighted by Crippen LogP contribution is 2.37. The molecule has 1 unspecified atom stereocenters. The molecule has 0 radical (unpaired) electrons. The second-order valence-electron chi connectivity index (χ2n) is 7.24. The van der Waals surface area contributed by atoms with E-state index in [4.69, 9.17) is 4.74 Å². The summed E-state index contributed by atoms with van der Waals surface area (Å²) >= 11 is 0.950. The first-order valence-corrected chi connectivity index (χ1v) is 10.8. The minimum absolute atomic E-state index is 0.0584. The van der Waals surface area contributed by atoms with Crippen LogP contribution in [0.5, 0.6) is 0 Å². The number of piperidine rings is 1. The lowest BCUT2D eigenvalue weighted by atomic mass is 9.96. The third-order valence-electron chi connectivity index (χ3n) is 5.14. The number of esters is 1. The van der Waals surface area contributed by atoms with E-state index in [9.17, 15) is 28.0 Å². The molecule has 1 fully saturated rings. The van der Waals surface area contributed by atoms with E-state index in [-0.39, 0.29) is 34.4 Å². The van der Waals surface area contributed by atoms with Crippen molar-refractivity contribution in [1.82, 2.24) is 4.98 Å². The number of nitrogens with zero attached hydrogens (tertiary/aromatic N) is 3. The molecule has 0 saturated carbocycles. The van der Waals surface area contributed by atoms with Crippen molar-refractivity contribution in [3.63, 3.8) is 0 Å². The zero-order chi connectivity index (χ0) is 23.5. The smallest absolute Gasteiger partial charge is 0.419 e. The van der Waals surface area contributed by atoms with Gasteiger partial charge in [-0.25, -0.2) is 9.78 Å². The molecule has 3 rings (SSSR count). The molecule has 0 bridgehead atoms. The third kappa shape index (κ3) is 4.85. The van der Waals surface area contributed by atoms with Gasteiger partial charge in [-0.2, -0.15) is 18.4 Å². The number of anilines is 2. The van der Waals surface area contributed by atoms with Crippen LogP contribution >= 0.6 is 11.3 Å². The van der Waals surface area contributed by atoms with E-state index in [0.29, 0.717) is 24.9 Å². The van der Waals surface area contributed by atoms with Crippen molar-refractivity contribution in [2.75, 3.05) is 29.9 Å². The van der Waals surface area contributed by atoms with E-state index in [1.54, 1.807) is 13.8 Å². The number of amides is 1. The Morgan fingerprint density at radius 2 is 2.19 bits per heavy atom. The molecule has 7 nitrogen and oxygen atoms in total. The normalized spacial score (nSPS) is 16.4. The summed E-state index contributed by atoms with van der Waals surface area (Å²) in [6, 6.07) is 4.19. The molecule has 0 spiro atoms. The molecular formula is C21H21F3N4O3S. The number of ether oxygens (including phenoxy) is 1. The van der Waals surface area contributed by atoms with Crippen molar-refractivity contribution >= 4 is 34.0 Å². The van der Waals surface area contributed by atoms with E-state index in [0.717, 1.165) is 17.4 Å². The van der Waals surface area contributed by atoms with Crippen LogP contribution in [-0.4, -0.2) is 36.6 Å². The van der Waals surface area contributed by atoms with E-state index < -0.39 is 29.5 Å². The third-order valence-corrected chi connectivity index (χ3v) is 6.33. The van der Waals surface area contributed by atoms with Gasteiger partial charge in [-0.15, -0.1) is 11.3 Å². The first kappa shape index (κ1) is 23.5. The standard InChI is InChI=1S/C21H21F3N4O3S/c1-3-31-20(30)16-12(2)14(10-25)19(32-16)27-18(29)13-6-5-9-28(11-13)17-15(21(22,23)24)7-4-8-26-17/h4,7-8,13H,3,5-6,9,11H2,1-2H3,(H,27,29). The minimum atomic E-state index is -4.56. The number of nitrogens with one attached hydrogen (secondary N) is 1. The highest BCUT2D eigenvalue weighted by atomic mass is 32.1. The Kier molecular flexibility index (Phi) is 7.03. The number of rotatable bonds is 5. The number of carbonyl (C=O) groups is 2. The molecule has 0 aliphatic carbocycles. The molecule has 1 saturated heterocycles. The SMILES string of the molecule is CCOC(=O)c1sc(NC(=O)C2CCCN(c3ncccc3C(F)(F)F)C2)c(C#N)c1C. The first-order valence-electron chi connectivity index (χ1n) is 9.96. The summed E-state index contributed by atoms with van der Waals surface area (Å²) in [6.07, 6.45) is -2.28. The van der Waals surface area contributed by atoms with Gasteiger partial charge >= 0.3 is 12.1 Å². The van der Waals surface area contributed by atoms with Crippen molar-refractivity contribution < 1.29 is 27.5 Å². The van der Waals surface area contributed by atoms with Gasteiger partial charge in [0.25, 0.3) is 0 Å². The second kappa shape index (κ2) is 9.56. The van der Waals surface area contributed by atoms with Gasteiger partial charge in [-0.3, -0.25) is 4.79 Å². The zero-order valence-electron chi connectivity index (χ0n) is 17.5. The molecule has 2 aromatic rings. The van der Waals surface area contributed by atoms with Crippen molar-refractivity contribution in [2.45, 2.75) is 32.9 Å². The van der Waals surface area contributed by atoms with Crippen molar-refractivity contribution in [2.24, 2.45) is 5.92 Å². The number of alkyl halides is 3. The Hall–Kier alpha value is -3.13. The number of hydrogen-bond donors (Lipinski definition) is 1. The Labute approximate surface area is 186 Å². The van der Waals surface area contributed by atoms with Gasteiger partial charge < -0.3 is 15.0 Å². The summed E-state index contributed by atoms with van der Waals surface area (Å²) in [5.74, 6) is -1.81. The molecule has 1 aliphatic heterocycles. The summed E-state index contributed by atoms with van der Waals surface area (Å²) in [6.45, 7) is 3.83. The highest BCUT2D eigenvalue weighted by molar-refractivity contribution is 7.18. The molecule has 2 aromatic heterocycles. The Morgan fingerprint density at radius 1 is 1.44 bits per heavy atom. The molecule has 32 heavy (non-hydrogen) atoms. The number of carbonyl (C=O) groups excluding carboxylic acids is 2. The molecule has 170 valence electrons. The zero-order valence-corrected chi connectivity index (χ0v) is 18.3. The van der Waals surface area contributed by atoms with Crippen LogP contribution in [0.4, 0.5) is 24.0 Å². The van der Waals surface area contributed by atoms with Crippen LogP contribution in [0.1, 0.15) is 46.1 Å². The Balaban J connectivity index is 1.80. The number of halogens is 3. The molecule has 1 N–H and O–H groups in total. The van der Waals surface area contributed by atoms with Crippen molar-refractivity contribution in [3.8, 4) is 6.07 Å². The minimum Gasteiger partial charge on any atom is -0.462 e. The van der Waals surface area contributed by atoms with Gasteiger partial charge in [-0.1, -0.05) is 0 Å². The largest absolute Gasteiger partial charge is 0.462 e.